The van der Waals surface area contributed by atoms with Crippen LogP contribution in [0.4, 0.5) is 4.79 Å². The third-order valence-corrected chi connectivity index (χ3v) is 6.92. The molecule has 1 aliphatic carbocycles. The Labute approximate surface area is 189 Å². The highest BCUT2D eigenvalue weighted by molar-refractivity contribution is 6.15. The van der Waals surface area contributed by atoms with Crippen LogP contribution in [0.25, 0.3) is 0 Å². The number of hydrogen-bond acceptors (Lipinski definition) is 4. The van der Waals surface area contributed by atoms with E-state index in [1.54, 1.807) is 17.0 Å². The Kier molecular flexibility index (Phi) is 6.45. The molecule has 2 aromatic carbocycles. The number of para-hydroxylation sites is 1. The summed E-state index contributed by atoms with van der Waals surface area (Å²) in [4.78, 5) is 40.2. The minimum absolute atomic E-state index is 0.0546. The van der Waals surface area contributed by atoms with Gasteiger partial charge in [-0.3, -0.25) is 9.59 Å². The zero-order valence-corrected chi connectivity index (χ0v) is 19.1. The van der Waals surface area contributed by atoms with E-state index in [9.17, 15) is 14.4 Å². The van der Waals surface area contributed by atoms with E-state index in [2.05, 4.69) is 12.1 Å². The molecule has 2 fully saturated rings. The topological polar surface area (TPSA) is 63.7 Å². The van der Waals surface area contributed by atoms with Crippen LogP contribution in [0.1, 0.15) is 53.9 Å². The van der Waals surface area contributed by atoms with Crippen LogP contribution in [-0.2, 0) is 9.59 Å². The summed E-state index contributed by atoms with van der Waals surface area (Å²) >= 11 is 0. The van der Waals surface area contributed by atoms with E-state index in [0.29, 0.717) is 31.2 Å². The predicted molar refractivity (Wildman–Crippen MR) is 123 cm³/mol. The maximum absolute atomic E-state index is 13.2. The fraction of sp³-hybridized carbons (Fsp3) is 0.444. The zero-order chi connectivity index (χ0) is 22.8. The number of nitrogens with zero attached hydrogens (tertiary/aromatic N) is 1. The molecule has 2 aromatic rings. The Morgan fingerprint density at radius 2 is 1.62 bits per heavy atom. The van der Waals surface area contributed by atoms with Crippen LogP contribution in [0.2, 0.25) is 0 Å². The third kappa shape index (κ3) is 4.62. The molecule has 2 aliphatic rings. The number of Topliss-reactive ketones (excluding diaryl/α,β-unsaturated/α-hetero) is 2. The molecule has 5 nitrogen and oxygen atoms in total. The molecule has 1 saturated heterocycles. The van der Waals surface area contributed by atoms with Crippen molar-refractivity contribution in [2.45, 2.75) is 52.4 Å². The van der Waals surface area contributed by atoms with E-state index in [1.807, 2.05) is 39.0 Å². The van der Waals surface area contributed by atoms with E-state index in [0.717, 1.165) is 41.5 Å². The van der Waals surface area contributed by atoms with Crippen molar-refractivity contribution in [1.29, 1.82) is 0 Å². The Hall–Kier alpha value is -2.95. The molecule has 0 aromatic heterocycles. The van der Waals surface area contributed by atoms with Gasteiger partial charge in [0.05, 0.1) is 0 Å². The second-order valence-corrected chi connectivity index (χ2v) is 9.36. The van der Waals surface area contributed by atoms with Crippen molar-refractivity contribution in [1.82, 2.24) is 4.90 Å². The quantitative estimate of drug-likeness (QED) is 0.625. The highest BCUT2D eigenvalue weighted by Crippen LogP contribution is 2.40. The van der Waals surface area contributed by atoms with Gasteiger partial charge in [0.2, 0.25) is 0 Å². The second-order valence-electron chi connectivity index (χ2n) is 9.36. The van der Waals surface area contributed by atoms with Gasteiger partial charge in [-0.15, -0.1) is 0 Å². The average molecular weight is 434 g/mol. The van der Waals surface area contributed by atoms with Gasteiger partial charge in [-0.2, -0.15) is 0 Å². The van der Waals surface area contributed by atoms with Crippen LogP contribution in [0.5, 0.6) is 5.75 Å². The lowest BCUT2D eigenvalue weighted by Gasteiger charge is -2.32. The molecule has 0 spiro atoms. The SMILES string of the molecule is Cc1cc(C)c(C2C(=O)CC(CC3CCN(C(=O)Oc4ccccc4)CC3)C2=O)c(C)c1. The molecule has 32 heavy (non-hydrogen) atoms. The lowest BCUT2D eigenvalue weighted by atomic mass is 9.83. The lowest BCUT2D eigenvalue weighted by Crippen LogP contribution is -2.40. The summed E-state index contributed by atoms with van der Waals surface area (Å²) in [6.45, 7) is 7.25. The first-order valence-electron chi connectivity index (χ1n) is 11.5. The van der Waals surface area contributed by atoms with Crippen molar-refractivity contribution in [3.05, 3.63) is 64.7 Å². The van der Waals surface area contributed by atoms with Crippen molar-refractivity contribution in [3.8, 4) is 5.75 Å². The van der Waals surface area contributed by atoms with Crippen LogP contribution in [0.3, 0.4) is 0 Å². The number of ketones is 2. The van der Waals surface area contributed by atoms with Crippen molar-refractivity contribution >= 4 is 17.7 Å². The largest absolute Gasteiger partial charge is 0.415 e. The first-order chi connectivity index (χ1) is 15.3. The first kappa shape index (κ1) is 22.3. The molecular formula is C27H31NO4. The van der Waals surface area contributed by atoms with Crippen LogP contribution < -0.4 is 4.74 Å². The maximum Gasteiger partial charge on any atom is 0.415 e. The fourth-order valence-corrected chi connectivity index (χ4v) is 5.41. The molecule has 4 rings (SSSR count). The van der Waals surface area contributed by atoms with Crippen LogP contribution >= 0.6 is 0 Å². The van der Waals surface area contributed by atoms with Gasteiger partial charge < -0.3 is 9.64 Å². The summed E-state index contributed by atoms with van der Waals surface area (Å²) < 4.78 is 5.44. The molecule has 168 valence electrons. The van der Waals surface area contributed by atoms with Crippen molar-refractivity contribution < 1.29 is 19.1 Å². The summed E-state index contributed by atoms with van der Waals surface area (Å²) in [5, 5.41) is 0. The second kappa shape index (κ2) is 9.27. The van der Waals surface area contributed by atoms with Gasteiger partial charge >= 0.3 is 6.09 Å². The van der Waals surface area contributed by atoms with E-state index in [1.165, 1.54) is 0 Å². The molecule has 1 heterocycles. The molecule has 2 atom stereocenters. The minimum atomic E-state index is -0.610. The Bertz CT molecular complexity index is 998. The van der Waals surface area contributed by atoms with Crippen LogP contribution in [0.15, 0.2) is 42.5 Å². The highest BCUT2D eigenvalue weighted by Gasteiger charge is 2.44. The summed E-state index contributed by atoms with van der Waals surface area (Å²) in [5.74, 6) is 0.204. The molecule has 0 N–H and O–H groups in total. The van der Waals surface area contributed by atoms with Gasteiger partial charge in [-0.25, -0.2) is 4.79 Å². The van der Waals surface area contributed by atoms with Gasteiger partial charge in [-0.05, 0) is 74.8 Å². The van der Waals surface area contributed by atoms with E-state index in [4.69, 9.17) is 4.74 Å². The average Bonchev–Trinajstić information content (AvgIpc) is 3.02. The van der Waals surface area contributed by atoms with E-state index >= 15 is 0 Å². The summed E-state index contributed by atoms with van der Waals surface area (Å²) in [6.07, 6.45) is 2.40. The number of aryl methyl sites for hydroxylation is 3. The maximum atomic E-state index is 13.2. The number of carbonyl (C=O) groups is 3. The standard InChI is InChI=1S/C27H31NO4/c1-17-13-18(2)24(19(3)14-17)25-23(29)16-21(26(25)30)15-20-9-11-28(12-10-20)27(31)32-22-7-5-4-6-8-22/h4-8,13-14,20-21,25H,9-12,15-16H2,1-3H3. The van der Waals surface area contributed by atoms with Crippen LogP contribution in [0, 0.1) is 32.6 Å². The summed E-state index contributed by atoms with van der Waals surface area (Å²) in [7, 11) is 0. The van der Waals surface area contributed by atoms with Gasteiger partial charge in [-0.1, -0.05) is 35.9 Å². The molecule has 1 aliphatic heterocycles. The normalized spacial score (nSPS) is 21.8. The number of likely N-dealkylation sites (tertiary alicyclic amines) is 1. The van der Waals surface area contributed by atoms with E-state index in [-0.39, 0.29) is 23.6 Å². The molecule has 1 saturated carbocycles. The molecule has 2 unspecified atom stereocenters. The van der Waals surface area contributed by atoms with E-state index < -0.39 is 5.92 Å². The summed E-state index contributed by atoms with van der Waals surface area (Å²) in [6, 6.07) is 13.2. The van der Waals surface area contributed by atoms with Crippen LogP contribution in [-0.4, -0.2) is 35.6 Å². The van der Waals surface area contributed by atoms with Crippen molar-refractivity contribution in [2.75, 3.05) is 13.1 Å². The number of ether oxygens (including phenoxy) is 1. The Balaban J connectivity index is 1.34. The van der Waals surface area contributed by atoms with Gasteiger partial charge in [0.15, 0.2) is 5.78 Å². The number of carbonyl (C=O) groups excluding carboxylic acids is 3. The molecule has 0 radical (unpaired) electrons. The first-order valence-corrected chi connectivity index (χ1v) is 11.5. The number of hydrogen-bond donors (Lipinski definition) is 0. The predicted octanol–water partition coefficient (Wildman–Crippen LogP) is 5.15. The minimum Gasteiger partial charge on any atom is -0.410 e. The van der Waals surface area contributed by atoms with Gasteiger partial charge in [0.25, 0.3) is 0 Å². The molecule has 0 bridgehead atoms. The Morgan fingerprint density at radius 3 is 2.25 bits per heavy atom. The number of rotatable bonds is 4. The molecule has 1 amide bonds. The zero-order valence-electron chi connectivity index (χ0n) is 19.1. The smallest absolute Gasteiger partial charge is 0.410 e. The fourth-order valence-electron chi connectivity index (χ4n) is 5.41. The monoisotopic (exact) mass is 433 g/mol. The number of piperidine rings is 1. The number of benzene rings is 2. The van der Waals surface area contributed by atoms with Gasteiger partial charge in [0, 0.05) is 25.4 Å². The highest BCUT2D eigenvalue weighted by atomic mass is 16.6. The molecule has 5 heteroatoms. The van der Waals surface area contributed by atoms with Crippen molar-refractivity contribution in [2.24, 2.45) is 11.8 Å². The molecular weight excluding hydrogens is 402 g/mol. The third-order valence-electron chi connectivity index (χ3n) is 6.92. The summed E-state index contributed by atoms with van der Waals surface area (Å²) in [5.41, 5.74) is 4.11. The van der Waals surface area contributed by atoms with Crippen molar-refractivity contribution in [3.63, 3.8) is 0 Å². The van der Waals surface area contributed by atoms with Gasteiger partial charge in [0.1, 0.15) is 17.5 Å². The number of amides is 1. The Morgan fingerprint density at radius 1 is 1.00 bits per heavy atom. The lowest BCUT2D eigenvalue weighted by molar-refractivity contribution is -0.125.